The van der Waals surface area contributed by atoms with Gasteiger partial charge in [-0.2, -0.15) is 5.10 Å². The standard InChI is InChI=1S/C21H26FN3O/c1-14-19(20(24-23-14)17-10-11-17)21(26)25-12-4-5-15(13-25)8-9-16-6-2-3-7-18(16)22/h2-3,6-7,15,17H,4-5,8-13H2,1H3,(H,23,24). The number of nitrogens with zero attached hydrogens (tertiary/aromatic N) is 2. The largest absolute Gasteiger partial charge is 0.338 e. The van der Waals surface area contributed by atoms with Crippen LogP contribution < -0.4 is 0 Å². The van der Waals surface area contributed by atoms with E-state index in [1.165, 1.54) is 6.07 Å². The zero-order valence-corrected chi connectivity index (χ0v) is 15.3. The van der Waals surface area contributed by atoms with Crippen LogP contribution in [0.5, 0.6) is 0 Å². The van der Waals surface area contributed by atoms with Gasteiger partial charge in [0.1, 0.15) is 5.82 Å². The van der Waals surface area contributed by atoms with E-state index in [0.29, 0.717) is 11.8 Å². The molecule has 4 nitrogen and oxygen atoms in total. The number of aromatic nitrogens is 2. The number of hydrogen-bond acceptors (Lipinski definition) is 2. The van der Waals surface area contributed by atoms with E-state index in [4.69, 9.17) is 0 Å². The van der Waals surface area contributed by atoms with E-state index in [1.54, 1.807) is 6.07 Å². The van der Waals surface area contributed by atoms with Crippen molar-refractivity contribution in [3.8, 4) is 0 Å². The van der Waals surface area contributed by atoms with Gasteiger partial charge in [0.05, 0.1) is 11.3 Å². The first-order valence-electron chi connectivity index (χ1n) is 9.71. The number of piperidine rings is 1. The molecule has 1 aliphatic carbocycles. The van der Waals surface area contributed by atoms with Crippen LogP contribution in [0, 0.1) is 18.7 Å². The van der Waals surface area contributed by atoms with Crippen LogP contribution in [0.3, 0.4) is 0 Å². The molecule has 0 spiro atoms. The summed E-state index contributed by atoms with van der Waals surface area (Å²) in [6.07, 6.45) is 6.05. The first-order chi connectivity index (χ1) is 12.6. The molecule has 1 N–H and O–H groups in total. The molecule has 1 saturated heterocycles. The highest BCUT2D eigenvalue weighted by Crippen LogP contribution is 2.41. The van der Waals surface area contributed by atoms with Gasteiger partial charge >= 0.3 is 0 Å². The van der Waals surface area contributed by atoms with Gasteiger partial charge in [0.25, 0.3) is 5.91 Å². The third-order valence-electron chi connectivity index (χ3n) is 5.74. The summed E-state index contributed by atoms with van der Waals surface area (Å²) in [5.74, 6) is 0.887. The minimum Gasteiger partial charge on any atom is -0.338 e. The van der Waals surface area contributed by atoms with Gasteiger partial charge in [-0.25, -0.2) is 4.39 Å². The third kappa shape index (κ3) is 3.53. The first kappa shape index (κ1) is 17.3. The van der Waals surface area contributed by atoms with E-state index in [1.807, 2.05) is 24.0 Å². The molecule has 1 saturated carbocycles. The highest BCUT2D eigenvalue weighted by atomic mass is 19.1. The van der Waals surface area contributed by atoms with Crippen LogP contribution in [0.2, 0.25) is 0 Å². The minimum absolute atomic E-state index is 0.119. The number of likely N-dealkylation sites (tertiary alicyclic amines) is 1. The molecule has 1 unspecified atom stereocenters. The average molecular weight is 355 g/mol. The van der Waals surface area contributed by atoms with Crippen molar-refractivity contribution < 1.29 is 9.18 Å². The molecule has 1 amide bonds. The molecule has 2 aromatic rings. The number of rotatable bonds is 5. The van der Waals surface area contributed by atoms with Crippen molar-refractivity contribution in [1.82, 2.24) is 15.1 Å². The normalized spacial score (nSPS) is 20.4. The van der Waals surface area contributed by atoms with Gasteiger partial charge in [-0.3, -0.25) is 9.89 Å². The summed E-state index contributed by atoms with van der Waals surface area (Å²) in [5.41, 5.74) is 3.41. The van der Waals surface area contributed by atoms with Gasteiger partial charge < -0.3 is 4.90 Å². The highest BCUT2D eigenvalue weighted by molar-refractivity contribution is 5.96. The number of hydrogen-bond donors (Lipinski definition) is 1. The van der Waals surface area contributed by atoms with Crippen molar-refractivity contribution in [3.05, 3.63) is 52.6 Å². The number of benzene rings is 1. The fourth-order valence-electron chi connectivity index (χ4n) is 4.07. The van der Waals surface area contributed by atoms with Crippen molar-refractivity contribution in [2.45, 2.75) is 51.4 Å². The maximum atomic E-state index is 13.8. The smallest absolute Gasteiger partial charge is 0.257 e. The number of aryl methyl sites for hydroxylation is 2. The zero-order valence-electron chi connectivity index (χ0n) is 15.3. The molecule has 2 heterocycles. The van der Waals surface area contributed by atoms with Gasteiger partial charge in [-0.15, -0.1) is 0 Å². The van der Waals surface area contributed by atoms with Crippen LogP contribution in [0.25, 0.3) is 0 Å². The molecule has 0 radical (unpaired) electrons. The number of H-pyrrole nitrogens is 1. The molecule has 1 aliphatic heterocycles. The van der Waals surface area contributed by atoms with E-state index in [2.05, 4.69) is 10.2 Å². The Hall–Kier alpha value is -2.17. The van der Waals surface area contributed by atoms with Crippen molar-refractivity contribution in [2.75, 3.05) is 13.1 Å². The second-order valence-corrected chi connectivity index (χ2v) is 7.77. The Morgan fingerprint density at radius 2 is 2.12 bits per heavy atom. The first-order valence-corrected chi connectivity index (χ1v) is 9.71. The Bertz CT molecular complexity index is 796. The third-order valence-corrected chi connectivity index (χ3v) is 5.74. The maximum absolute atomic E-state index is 13.8. The van der Waals surface area contributed by atoms with E-state index in [9.17, 15) is 9.18 Å². The van der Waals surface area contributed by atoms with Crippen LogP contribution in [0.1, 0.15) is 65.3 Å². The van der Waals surface area contributed by atoms with Crippen molar-refractivity contribution >= 4 is 5.91 Å². The Morgan fingerprint density at radius 3 is 2.88 bits per heavy atom. The lowest BCUT2D eigenvalue weighted by molar-refractivity contribution is 0.0666. The number of carbonyl (C=O) groups is 1. The quantitative estimate of drug-likeness (QED) is 0.873. The number of carbonyl (C=O) groups excluding carboxylic acids is 1. The number of halogens is 1. The summed E-state index contributed by atoms with van der Waals surface area (Å²) in [5, 5.41) is 7.39. The fraction of sp³-hybridized carbons (Fsp3) is 0.524. The topological polar surface area (TPSA) is 49.0 Å². The van der Waals surface area contributed by atoms with Gasteiger partial charge in [0.2, 0.25) is 0 Å². The molecule has 4 rings (SSSR count). The van der Waals surface area contributed by atoms with Gasteiger partial charge in [-0.05, 0) is 63.0 Å². The molecule has 26 heavy (non-hydrogen) atoms. The lowest BCUT2D eigenvalue weighted by Crippen LogP contribution is -2.40. The Balaban J connectivity index is 1.41. The second-order valence-electron chi connectivity index (χ2n) is 7.77. The lowest BCUT2D eigenvalue weighted by atomic mass is 9.91. The Labute approximate surface area is 153 Å². The van der Waals surface area contributed by atoms with E-state index in [-0.39, 0.29) is 11.7 Å². The van der Waals surface area contributed by atoms with Crippen LogP contribution >= 0.6 is 0 Å². The predicted octanol–water partition coefficient (Wildman–Crippen LogP) is 4.22. The van der Waals surface area contributed by atoms with Crippen LogP contribution in [-0.2, 0) is 6.42 Å². The summed E-state index contributed by atoms with van der Waals surface area (Å²) < 4.78 is 13.8. The summed E-state index contributed by atoms with van der Waals surface area (Å²) >= 11 is 0. The molecule has 0 bridgehead atoms. The lowest BCUT2D eigenvalue weighted by Gasteiger charge is -2.33. The van der Waals surface area contributed by atoms with E-state index in [0.717, 1.165) is 74.1 Å². The molecular weight excluding hydrogens is 329 g/mol. The summed E-state index contributed by atoms with van der Waals surface area (Å²) in [4.78, 5) is 15.1. The maximum Gasteiger partial charge on any atom is 0.257 e. The van der Waals surface area contributed by atoms with Crippen molar-refractivity contribution in [2.24, 2.45) is 5.92 Å². The molecule has 5 heteroatoms. The van der Waals surface area contributed by atoms with E-state index >= 15 is 0 Å². The fourth-order valence-corrected chi connectivity index (χ4v) is 4.07. The van der Waals surface area contributed by atoms with Crippen molar-refractivity contribution in [1.29, 1.82) is 0 Å². The molecule has 2 fully saturated rings. The molecule has 1 aromatic heterocycles. The monoisotopic (exact) mass is 355 g/mol. The predicted molar refractivity (Wildman–Crippen MR) is 98.6 cm³/mol. The molecule has 138 valence electrons. The number of aromatic amines is 1. The molecule has 1 atom stereocenters. The van der Waals surface area contributed by atoms with Crippen LogP contribution in [-0.4, -0.2) is 34.1 Å². The van der Waals surface area contributed by atoms with Crippen LogP contribution in [0.4, 0.5) is 4.39 Å². The summed E-state index contributed by atoms with van der Waals surface area (Å²) in [6.45, 7) is 3.51. The SMILES string of the molecule is Cc1[nH]nc(C2CC2)c1C(=O)N1CCCC(CCc2ccccc2F)C1. The molecule has 1 aromatic carbocycles. The Morgan fingerprint density at radius 1 is 1.31 bits per heavy atom. The van der Waals surface area contributed by atoms with Gasteiger partial charge in [0, 0.05) is 24.7 Å². The Kier molecular flexibility index (Phi) is 4.79. The molecule has 2 aliphatic rings. The van der Waals surface area contributed by atoms with Gasteiger partial charge in [0.15, 0.2) is 0 Å². The zero-order chi connectivity index (χ0) is 18.1. The minimum atomic E-state index is -0.126. The van der Waals surface area contributed by atoms with Crippen molar-refractivity contribution in [3.63, 3.8) is 0 Å². The summed E-state index contributed by atoms with van der Waals surface area (Å²) in [6, 6.07) is 6.99. The second kappa shape index (κ2) is 7.22. The number of amides is 1. The van der Waals surface area contributed by atoms with Gasteiger partial charge in [-0.1, -0.05) is 18.2 Å². The van der Waals surface area contributed by atoms with Crippen LogP contribution in [0.15, 0.2) is 24.3 Å². The molecular formula is C21H26FN3O. The highest BCUT2D eigenvalue weighted by Gasteiger charge is 2.34. The summed E-state index contributed by atoms with van der Waals surface area (Å²) in [7, 11) is 0. The number of nitrogens with one attached hydrogen (secondary N) is 1. The average Bonchev–Trinajstić information content (AvgIpc) is 3.43. The van der Waals surface area contributed by atoms with E-state index < -0.39 is 0 Å².